The molecule has 46 heavy (non-hydrogen) atoms. The van der Waals surface area contributed by atoms with Crippen LogP contribution in [0.4, 0.5) is 10.5 Å². The molecule has 3 amide bonds. The lowest BCUT2D eigenvalue weighted by Gasteiger charge is -2.39. The summed E-state index contributed by atoms with van der Waals surface area (Å²) in [5.74, 6) is 0.924. The third-order valence-electron chi connectivity index (χ3n) is 8.36. The van der Waals surface area contributed by atoms with Gasteiger partial charge in [-0.3, -0.25) is 4.79 Å². The van der Waals surface area contributed by atoms with Crippen LogP contribution in [0, 0.1) is 13.8 Å². The van der Waals surface area contributed by atoms with Gasteiger partial charge in [0.15, 0.2) is 5.65 Å². The van der Waals surface area contributed by atoms with E-state index in [0.29, 0.717) is 42.8 Å². The van der Waals surface area contributed by atoms with Crippen LogP contribution in [0.5, 0.6) is 0 Å². The maximum Gasteiger partial charge on any atom is 0.322 e. The number of urea groups is 1. The molecule has 0 saturated carbocycles. The first-order chi connectivity index (χ1) is 22.2. The Morgan fingerprint density at radius 3 is 2.61 bits per heavy atom. The molecule has 5 aromatic rings. The van der Waals surface area contributed by atoms with Crippen LogP contribution in [-0.2, 0) is 11.3 Å². The molecule has 3 aromatic carbocycles. The first-order valence-electron chi connectivity index (χ1n) is 15.7. The molecule has 0 spiro atoms. The second-order valence-corrected chi connectivity index (χ2v) is 13.5. The van der Waals surface area contributed by atoms with Crippen molar-refractivity contribution in [2.45, 2.75) is 57.8 Å². The Balaban J connectivity index is 1.01. The van der Waals surface area contributed by atoms with E-state index in [2.05, 4.69) is 51.3 Å². The van der Waals surface area contributed by atoms with E-state index in [0.717, 1.165) is 63.0 Å². The third-order valence-corrected chi connectivity index (χ3v) is 9.52. The molecule has 1 N–H and O–H groups in total. The number of halogens is 1. The molecule has 0 aliphatic carbocycles. The van der Waals surface area contributed by atoms with Gasteiger partial charge in [0.25, 0.3) is 0 Å². The minimum atomic E-state index is -0.128. The number of hydrogen-bond donors (Lipinski definition) is 1. The predicted molar refractivity (Wildman–Crippen MR) is 186 cm³/mol. The summed E-state index contributed by atoms with van der Waals surface area (Å²) < 4.78 is 2.18. The molecule has 2 aromatic heterocycles. The summed E-state index contributed by atoms with van der Waals surface area (Å²) in [6.45, 7) is 8.28. The number of nitrogens with one attached hydrogen (secondary N) is 1. The van der Waals surface area contributed by atoms with E-state index in [1.54, 1.807) is 11.8 Å². The molecule has 1 aliphatic rings. The maximum absolute atomic E-state index is 13.0. The van der Waals surface area contributed by atoms with Crippen LogP contribution in [0.2, 0.25) is 5.02 Å². The number of fused-ring (bicyclic) bond motifs is 3. The van der Waals surface area contributed by atoms with Gasteiger partial charge >= 0.3 is 6.03 Å². The van der Waals surface area contributed by atoms with Gasteiger partial charge < -0.3 is 19.7 Å². The molecule has 6 rings (SSSR count). The van der Waals surface area contributed by atoms with E-state index < -0.39 is 0 Å². The number of amides is 3. The van der Waals surface area contributed by atoms with Gasteiger partial charge in [0.05, 0.1) is 5.52 Å². The molecule has 1 unspecified atom stereocenters. The van der Waals surface area contributed by atoms with E-state index in [9.17, 15) is 9.59 Å². The Labute approximate surface area is 278 Å². The number of carbonyl (C=O) groups excluding carboxylic acids is 2. The van der Waals surface area contributed by atoms with E-state index in [-0.39, 0.29) is 18.0 Å². The zero-order valence-corrected chi connectivity index (χ0v) is 27.9. The molecule has 1 fully saturated rings. The van der Waals surface area contributed by atoms with E-state index in [1.165, 1.54) is 0 Å². The van der Waals surface area contributed by atoms with Gasteiger partial charge in [-0.2, -0.15) is 0 Å². The number of carbonyl (C=O) groups is 2. The van der Waals surface area contributed by atoms with Crippen molar-refractivity contribution in [3.8, 4) is 0 Å². The molecule has 1 saturated heterocycles. The normalized spacial score (nSPS) is 15.1. The molecule has 9 nitrogen and oxygen atoms in total. The van der Waals surface area contributed by atoms with Crippen molar-refractivity contribution < 1.29 is 9.59 Å². The van der Waals surface area contributed by atoms with Gasteiger partial charge in [0.1, 0.15) is 5.52 Å². The van der Waals surface area contributed by atoms with Crippen molar-refractivity contribution in [1.29, 1.82) is 0 Å². The minimum absolute atomic E-state index is 0.0592. The van der Waals surface area contributed by atoms with Gasteiger partial charge in [-0.25, -0.2) is 9.78 Å². The average Bonchev–Trinajstić information content (AvgIpc) is 3.32. The van der Waals surface area contributed by atoms with Crippen LogP contribution in [0.15, 0.2) is 71.9 Å². The number of aromatic nitrogens is 4. The molecule has 1 aliphatic heterocycles. The highest BCUT2D eigenvalue weighted by Gasteiger charge is 2.29. The first-order valence-corrected chi connectivity index (χ1v) is 17.0. The zero-order valence-electron chi connectivity index (χ0n) is 26.4. The smallest absolute Gasteiger partial charge is 0.322 e. The maximum atomic E-state index is 13.0. The van der Waals surface area contributed by atoms with Crippen molar-refractivity contribution in [2.75, 3.05) is 30.7 Å². The monoisotopic (exact) mass is 655 g/mol. The van der Waals surface area contributed by atoms with Crippen molar-refractivity contribution >= 4 is 63.1 Å². The molecule has 238 valence electrons. The predicted octanol–water partition coefficient (Wildman–Crippen LogP) is 7.33. The Kier molecular flexibility index (Phi) is 9.75. The average molecular weight is 656 g/mol. The number of aryl methyl sites for hydroxylation is 2. The lowest BCUT2D eigenvalue weighted by atomic mass is 10.1. The van der Waals surface area contributed by atoms with Gasteiger partial charge in [0.2, 0.25) is 11.1 Å². The SMILES string of the molecule is Cc1cccc(NC(=O)N2CCN(C(=O)CCCCSc3nnc4c5cc(C)ccc5n(Cc5cccc(Cl)c5)c4n3)CC2C)c1. The third kappa shape index (κ3) is 7.29. The standard InChI is InChI=1S/C35H38ClN7O2S/c1-23-8-6-11-28(18-23)37-35(45)42-16-15-41(21-25(42)3)31(44)12-4-5-17-46-34-38-33-32(39-40-34)29-19-24(2)13-14-30(29)43(33)22-26-9-7-10-27(36)20-26/h6-11,13-14,18-20,25H,4-5,12,15-17,21-22H2,1-3H3,(H,37,45). The fourth-order valence-electron chi connectivity index (χ4n) is 6.00. The molecular formula is C35H38ClN7O2S. The zero-order chi connectivity index (χ0) is 32.2. The van der Waals surface area contributed by atoms with Gasteiger partial charge in [-0.05, 0) is 81.1 Å². The Hall–Kier alpha value is -4.15. The summed E-state index contributed by atoms with van der Waals surface area (Å²) in [5, 5.41) is 14.4. The minimum Gasteiger partial charge on any atom is -0.339 e. The summed E-state index contributed by atoms with van der Waals surface area (Å²) in [6.07, 6.45) is 2.11. The number of hydrogen-bond acceptors (Lipinski definition) is 6. The molecule has 11 heteroatoms. The van der Waals surface area contributed by atoms with Crippen molar-refractivity contribution in [3.05, 3.63) is 88.4 Å². The lowest BCUT2D eigenvalue weighted by Crippen LogP contribution is -2.56. The van der Waals surface area contributed by atoms with Crippen LogP contribution in [-0.4, -0.2) is 72.9 Å². The highest BCUT2D eigenvalue weighted by atomic mass is 35.5. The summed E-state index contributed by atoms with van der Waals surface area (Å²) in [5.41, 5.74) is 6.77. The quantitative estimate of drug-likeness (QED) is 0.132. The number of unbranched alkanes of at least 4 members (excludes halogenated alkanes) is 1. The lowest BCUT2D eigenvalue weighted by molar-refractivity contribution is -0.133. The van der Waals surface area contributed by atoms with Gasteiger partial charge in [0, 0.05) is 60.5 Å². The fraction of sp³-hybridized carbons (Fsp3) is 0.343. The number of piperazine rings is 1. The Morgan fingerprint density at radius 1 is 0.978 bits per heavy atom. The second kappa shape index (κ2) is 14.1. The van der Waals surface area contributed by atoms with Crippen molar-refractivity contribution in [2.24, 2.45) is 0 Å². The van der Waals surface area contributed by atoms with E-state index in [1.807, 2.05) is 66.1 Å². The number of benzene rings is 3. The number of nitrogens with zero attached hydrogens (tertiary/aromatic N) is 6. The summed E-state index contributed by atoms with van der Waals surface area (Å²) >= 11 is 7.84. The van der Waals surface area contributed by atoms with E-state index >= 15 is 0 Å². The van der Waals surface area contributed by atoms with Gasteiger partial charge in [-0.15, -0.1) is 10.2 Å². The van der Waals surface area contributed by atoms with Crippen LogP contribution in [0.1, 0.15) is 42.9 Å². The Morgan fingerprint density at radius 2 is 1.80 bits per heavy atom. The molecule has 1 atom stereocenters. The van der Waals surface area contributed by atoms with Crippen molar-refractivity contribution in [1.82, 2.24) is 29.5 Å². The fourth-order valence-corrected chi connectivity index (χ4v) is 6.99. The number of rotatable bonds is 9. The molecule has 3 heterocycles. The summed E-state index contributed by atoms with van der Waals surface area (Å²) in [6, 6.07) is 21.8. The largest absolute Gasteiger partial charge is 0.339 e. The van der Waals surface area contributed by atoms with E-state index in [4.69, 9.17) is 16.6 Å². The van der Waals surface area contributed by atoms with Crippen LogP contribution in [0.25, 0.3) is 22.1 Å². The van der Waals surface area contributed by atoms with Crippen LogP contribution >= 0.6 is 23.4 Å². The number of thioether (sulfide) groups is 1. The molecule has 0 radical (unpaired) electrons. The highest BCUT2D eigenvalue weighted by molar-refractivity contribution is 7.99. The molecule has 0 bridgehead atoms. The van der Waals surface area contributed by atoms with Crippen LogP contribution in [0.3, 0.4) is 0 Å². The summed E-state index contributed by atoms with van der Waals surface area (Å²) in [4.78, 5) is 34.5. The van der Waals surface area contributed by atoms with Crippen molar-refractivity contribution in [3.63, 3.8) is 0 Å². The number of anilines is 1. The van der Waals surface area contributed by atoms with Crippen LogP contribution < -0.4 is 5.32 Å². The highest BCUT2D eigenvalue weighted by Crippen LogP contribution is 2.29. The Bertz CT molecular complexity index is 1890. The molecular weight excluding hydrogens is 618 g/mol. The van der Waals surface area contributed by atoms with Gasteiger partial charge in [-0.1, -0.05) is 59.3 Å². The summed E-state index contributed by atoms with van der Waals surface area (Å²) in [7, 11) is 0. The first kappa shape index (κ1) is 31.8. The topological polar surface area (TPSA) is 96.3 Å². The second-order valence-electron chi connectivity index (χ2n) is 12.0.